The van der Waals surface area contributed by atoms with Gasteiger partial charge in [-0.05, 0) is 150 Å². The average molecular weight is 1020 g/mol. The summed E-state index contributed by atoms with van der Waals surface area (Å²) >= 11 is 1.46. The number of sulfonamides is 1. The van der Waals surface area contributed by atoms with Crippen molar-refractivity contribution in [3.8, 4) is 0 Å². The zero-order chi connectivity index (χ0) is 49.6. The zero-order valence-electron chi connectivity index (χ0n) is 39.8. The van der Waals surface area contributed by atoms with Gasteiger partial charge >= 0.3 is 5.51 Å². The number of allylic oxidation sites excluding steroid dienone is 1. The molecule has 19 heteroatoms. The second kappa shape index (κ2) is 20.0. The molecule has 11 nitrogen and oxygen atoms in total. The van der Waals surface area contributed by atoms with Crippen LogP contribution in [0.5, 0.6) is 0 Å². The van der Waals surface area contributed by atoms with Crippen molar-refractivity contribution in [1.82, 2.24) is 19.4 Å². The molecule has 4 aliphatic carbocycles. The molecule has 378 valence electrons. The van der Waals surface area contributed by atoms with Gasteiger partial charge < -0.3 is 20.0 Å². The SMILES string of the molecule is CN(C)C1CCN(CC[C@H](CSc2ccccc2)Nc2ccc(S(=O)(=O)NC(=O)c3ccc(N4CCN(CC5=C(C67CC(C(F)F)(C6)C7)CC(C)(C)CC5)CC4)cc3)cc2S(=O)(=O)C(F)(F)F)CC1. The Bertz CT molecular complexity index is 2560. The number of hydrogen-bond acceptors (Lipinski definition) is 11. The summed E-state index contributed by atoms with van der Waals surface area (Å²) in [5.74, 6) is -0.660. The second-order valence-corrected chi connectivity index (χ2v) is 25.7. The van der Waals surface area contributed by atoms with E-state index in [2.05, 4.69) is 38.8 Å². The number of piperidine rings is 1. The number of anilines is 2. The predicted molar refractivity (Wildman–Crippen MR) is 261 cm³/mol. The maximum Gasteiger partial charge on any atom is 0.501 e. The summed E-state index contributed by atoms with van der Waals surface area (Å²) < 4.78 is 126. The third-order valence-electron chi connectivity index (χ3n) is 15.4. The highest BCUT2D eigenvalue weighted by atomic mass is 32.2. The molecule has 5 fully saturated rings. The fraction of sp³-hybridized carbons (Fsp3) is 0.580. The van der Waals surface area contributed by atoms with Crippen LogP contribution in [0.25, 0.3) is 0 Å². The molecule has 2 N–H and O–H groups in total. The van der Waals surface area contributed by atoms with Crippen LogP contribution < -0.4 is 14.9 Å². The number of nitrogens with zero attached hydrogens (tertiary/aromatic N) is 4. The Morgan fingerprint density at radius 2 is 1.52 bits per heavy atom. The number of rotatable bonds is 18. The van der Waals surface area contributed by atoms with Gasteiger partial charge in [-0.2, -0.15) is 13.2 Å². The summed E-state index contributed by atoms with van der Waals surface area (Å²) in [5, 5.41) is 3.03. The Kier molecular flexibility index (Phi) is 15.0. The van der Waals surface area contributed by atoms with Crippen LogP contribution in [-0.2, 0) is 19.9 Å². The van der Waals surface area contributed by atoms with Crippen molar-refractivity contribution in [2.45, 2.75) is 110 Å². The molecule has 3 aromatic rings. The Morgan fingerprint density at radius 3 is 2.13 bits per heavy atom. The van der Waals surface area contributed by atoms with Crippen molar-refractivity contribution in [2.75, 3.05) is 82.4 Å². The third kappa shape index (κ3) is 11.3. The number of nitrogens with one attached hydrogen (secondary N) is 2. The summed E-state index contributed by atoms with van der Waals surface area (Å²) in [6, 6.07) is 18.2. The van der Waals surface area contributed by atoms with Crippen molar-refractivity contribution in [3.63, 3.8) is 0 Å². The second-order valence-electron chi connectivity index (χ2n) is 21.0. The van der Waals surface area contributed by atoms with Gasteiger partial charge in [-0.15, -0.1) is 11.8 Å². The van der Waals surface area contributed by atoms with Gasteiger partial charge in [0, 0.05) is 78.7 Å². The number of halogens is 5. The van der Waals surface area contributed by atoms with Crippen molar-refractivity contribution < 1.29 is 43.6 Å². The molecule has 6 aliphatic rings. The quantitative estimate of drug-likeness (QED) is 0.0721. The Labute approximate surface area is 408 Å². The Balaban J connectivity index is 0.916. The largest absolute Gasteiger partial charge is 0.501 e. The van der Waals surface area contributed by atoms with Gasteiger partial charge in [-0.1, -0.05) is 43.2 Å². The van der Waals surface area contributed by atoms with Gasteiger partial charge in [0.05, 0.1) is 10.6 Å². The standard InChI is InChI=1S/C50H65F5N6O5S3/c1-47(2)20-16-36(42(29-47)48-32-49(33-48,34-48)46(51)52)30-60-24-26-61(27-25-60)39-12-10-35(11-13-39)45(62)57-69(65,66)41-14-15-43(44(28-41)68(63,64)50(53,54)55)56-37(31-67-40-8-6-5-7-9-40)17-21-59-22-18-38(19-23-59)58(3)4/h5-15,28,37-38,46,56H,16-27,29-34H2,1-4H3,(H,57,62)/t37-,48?,49?/m1/s1. The smallest absolute Gasteiger partial charge is 0.380 e. The van der Waals surface area contributed by atoms with E-state index in [0.717, 1.165) is 87.5 Å². The normalized spacial score (nSPS) is 24.2. The molecule has 2 saturated heterocycles. The van der Waals surface area contributed by atoms with Crippen LogP contribution in [0.1, 0.15) is 82.0 Å². The number of amides is 1. The maximum atomic E-state index is 14.3. The summed E-state index contributed by atoms with van der Waals surface area (Å²) in [7, 11) is -6.84. The van der Waals surface area contributed by atoms with Crippen molar-refractivity contribution in [2.24, 2.45) is 16.2 Å². The summed E-state index contributed by atoms with van der Waals surface area (Å²) in [4.78, 5) is 21.3. The molecule has 2 bridgehead atoms. The van der Waals surface area contributed by atoms with Crippen LogP contribution in [0.2, 0.25) is 0 Å². The molecule has 1 atom stereocenters. The number of carbonyl (C=O) groups excluding carboxylic acids is 1. The summed E-state index contributed by atoms with van der Waals surface area (Å²) in [6.45, 7) is 10.6. The molecule has 0 unspecified atom stereocenters. The lowest BCUT2D eigenvalue weighted by Crippen LogP contribution is -2.66. The zero-order valence-corrected chi connectivity index (χ0v) is 42.3. The van der Waals surface area contributed by atoms with Crippen molar-refractivity contribution in [3.05, 3.63) is 89.5 Å². The van der Waals surface area contributed by atoms with Gasteiger partial charge in [0.1, 0.15) is 4.90 Å². The molecule has 0 spiro atoms. The Hall–Kier alpha value is -3.75. The fourth-order valence-electron chi connectivity index (χ4n) is 11.2. The minimum Gasteiger partial charge on any atom is -0.380 e. The highest BCUT2D eigenvalue weighted by molar-refractivity contribution is 7.99. The number of likely N-dealkylation sites (tertiary alicyclic amines) is 1. The van der Waals surface area contributed by atoms with Crippen molar-refractivity contribution >= 4 is 48.9 Å². The number of sulfone groups is 1. The molecule has 9 rings (SSSR count). The van der Waals surface area contributed by atoms with Crippen molar-refractivity contribution in [1.29, 1.82) is 0 Å². The highest BCUT2D eigenvalue weighted by Gasteiger charge is 2.73. The molecule has 2 aliphatic heterocycles. The first kappa shape index (κ1) is 51.6. The van der Waals surface area contributed by atoms with E-state index in [0.29, 0.717) is 63.2 Å². The van der Waals surface area contributed by atoms with Crippen LogP contribution in [-0.4, -0.2) is 134 Å². The van der Waals surface area contributed by atoms with Gasteiger partial charge in [0.2, 0.25) is 6.43 Å². The fourth-order valence-corrected chi connectivity index (χ4v) is 14.3. The number of carbonyl (C=O) groups is 1. The minimum atomic E-state index is -6.07. The van der Waals surface area contributed by atoms with E-state index in [9.17, 15) is 43.6 Å². The molecule has 2 heterocycles. The monoisotopic (exact) mass is 1020 g/mol. The Morgan fingerprint density at radius 1 is 0.870 bits per heavy atom. The van der Waals surface area contributed by atoms with Crippen LogP contribution in [0, 0.1) is 16.2 Å². The van der Waals surface area contributed by atoms with Gasteiger partial charge in [-0.25, -0.2) is 30.3 Å². The minimum absolute atomic E-state index is 0.0194. The van der Waals surface area contributed by atoms with E-state index < -0.39 is 64.6 Å². The highest BCUT2D eigenvalue weighted by Crippen LogP contribution is 2.79. The van der Waals surface area contributed by atoms with E-state index in [-0.39, 0.29) is 16.4 Å². The average Bonchev–Trinajstić information content (AvgIpc) is 3.27. The lowest BCUT2D eigenvalue weighted by atomic mass is 9.32. The van der Waals surface area contributed by atoms with Gasteiger partial charge in [0.15, 0.2) is 0 Å². The van der Waals surface area contributed by atoms with E-state index in [1.165, 1.54) is 35.0 Å². The van der Waals surface area contributed by atoms with Gasteiger partial charge in [-0.3, -0.25) is 9.69 Å². The number of hydrogen-bond donors (Lipinski definition) is 2. The lowest BCUT2D eigenvalue weighted by Gasteiger charge is -2.72. The molecule has 1 amide bonds. The predicted octanol–water partition coefficient (Wildman–Crippen LogP) is 9.15. The number of alkyl halides is 5. The third-order valence-corrected chi connectivity index (χ3v) is 19.4. The molecular weight excluding hydrogens is 956 g/mol. The first-order valence-corrected chi connectivity index (χ1v) is 27.9. The molecular formula is C50H65F5N6O5S3. The van der Waals surface area contributed by atoms with E-state index >= 15 is 0 Å². The first-order valence-electron chi connectivity index (χ1n) is 23.9. The van der Waals surface area contributed by atoms with E-state index in [1.54, 1.807) is 12.1 Å². The molecule has 0 aromatic heterocycles. The van der Waals surface area contributed by atoms with E-state index in [4.69, 9.17) is 0 Å². The maximum absolute atomic E-state index is 14.3. The molecule has 3 saturated carbocycles. The summed E-state index contributed by atoms with van der Waals surface area (Å²) in [5.41, 5.74) is -3.17. The molecule has 69 heavy (non-hydrogen) atoms. The number of thioether (sulfide) groups is 1. The van der Waals surface area contributed by atoms with Crippen LogP contribution in [0.4, 0.5) is 33.3 Å². The van der Waals surface area contributed by atoms with Crippen LogP contribution in [0.15, 0.2) is 98.6 Å². The molecule has 3 aromatic carbocycles. The lowest BCUT2D eigenvalue weighted by molar-refractivity contribution is -0.250. The first-order chi connectivity index (χ1) is 32.5. The number of piperazine rings is 1. The summed E-state index contributed by atoms with van der Waals surface area (Å²) in [6.07, 6.45) is 4.96. The van der Waals surface area contributed by atoms with E-state index in [1.807, 2.05) is 49.1 Å². The van der Waals surface area contributed by atoms with Crippen LogP contribution >= 0.6 is 11.8 Å². The molecule has 0 radical (unpaired) electrons. The topological polar surface area (TPSA) is 122 Å². The van der Waals surface area contributed by atoms with Crippen LogP contribution in [0.3, 0.4) is 0 Å². The number of benzene rings is 3. The van der Waals surface area contributed by atoms with Gasteiger partial charge in [0.25, 0.3) is 25.8 Å².